The van der Waals surface area contributed by atoms with Crippen molar-refractivity contribution in [3.8, 4) is 17.6 Å². The first-order valence-corrected chi connectivity index (χ1v) is 6.34. The van der Waals surface area contributed by atoms with E-state index in [1.165, 1.54) is 12.1 Å². The second-order valence-corrected chi connectivity index (χ2v) is 4.73. The minimum Gasteiger partial charge on any atom is -0.457 e. The number of aliphatic hydroxyl groups is 1. The van der Waals surface area contributed by atoms with Gasteiger partial charge in [0.15, 0.2) is 0 Å². The molecule has 0 fully saturated rings. The summed E-state index contributed by atoms with van der Waals surface area (Å²) in [4.78, 5) is 0. The molecule has 0 radical (unpaired) electrons. The SMILES string of the molecule is Cc1cc(C#N)cc(Oc2ccc(CO)cc2C(F)(F)F)c1. The van der Waals surface area contributed by atoms with Crippen LogP contribution in [0.3, 0.4) is 0 Å². The Kier molecular flexibility index (Phi) is 4.38. The first kappa shape index (κ1) is 15.9. The highest BCUT2D eigenvalue weighted by atomic mass is 19.4. The average molecular weight is 307 g/mol. The molecule has 0 aliphatic heterocycles. The van der Waals surface area contributed by atoms with Gasteiger partial charge in [-0.2, -0.15) is 18.4 Å². The molecule has 0 atom stereocenters. The number of alkyl halides is 3. The lowest BCUT2D eigenvalue weighted by molar-refractivity contribution is -0.138. The number of aliphatic hydroxyl groups excluding tert-OH is 1. The first-order valence-electron chi connectivity index (χ1n) is 6.34. The van der Waals surface area contributed by atoms with Gasteiger partial charge in [-0.25, -0.2) is 0 Å². The first-order chi connectivity index (χ1) is 10.3. The van der Waals surface area contributed by atoms with E-state index < -0.39 is 18.3 Å². The van der Waals surface area contributed by atoms with Crippen LogP contribution in [0.4, 0.5) is 13.2 Å². The van der Waals surface area contributed by atoms with Crippen LogP contribution in [0.5, 0.6) is 11.5 Å². The van der Waals surface area contributed by atoms with Gasteiger partial charge in [0.25, 0.3) is 0 Å². The van der Waals surface area contributed by atoms with Crippen LogP contribution < -0.4 is 4.74 Å². The number of hydrogen-bond donors (Lipinski definition) is 1. The molecule has 3 nitrogen and oxygen atoms in total. The molecule has 0 aliphatic rings. The predicted molar refractivity (Wildman–Crippen MR) is 73.3 cm³/mol. The molecule has 22 heavy (non-hydrogen) atoms. The molecule has 0 heterocycles. The van der Waals surface area contributed by atoms with Gasteiger partial charge in [-0.05, 0) is 48.4 Å². The van der Waals surface area contributed by atoms with E-state index in [0.717, 1.165) is 12.1 Å². The van der Waals surface area contributed by atoms with Crippen LogP contribution in [0.15, 0.2) is 36.4 Å². The quantitative estimate of drug-likeness (QED) is 0.926. The maximum Gasteiger partial charge on any atom is 0.419 e. The second-order valence-electron chi connectivity index (χ2n) is 4.73. The molecule has 1 N–H and O–H groups in total. The van der Waals surface area contributed by atoms with Crippen LogP contribution >= 0.6 is 0 Å². The van der Waals surface area contributed by atoms with E-state index in [2.05, 4.69) is 0 Å². The number of halogens is 3. The monoisotopic (exact) mass is 307 g/mol. The third-order valence-electron chi connectivity index (χ3n) is 2.94. The fourth-order valence-electron chi connectivity index (χ4n) is 1.98. The lowest BCUT2D eigenvalue weighted by atomic mass is 10.1. The van der Waals surface area contributed by atoms with Crippen LogP contribution in [0, 0.1) is 18.3 Å². The Hall–Kier alpha value is -2.52. The number of benzene rings is 2. The zero-order valence-electron chi connectivity index (χ0n) is 11.6. The van der Waals surface area contributed by atoms with Crippen LogP contribution in [0.2, 0.25) is 0 Å². The van der Waals surface area contributed by atoms with Crippen molar-refractivity contribution < 1.29 is 23.0 Å². The summed E-state index contributed by atoms with van der Waals surface area (Å²) in [6.45, 7) is 1.22. The molecule has 0 aromatic heterocycles. The van der Waals surface area contributed by atoms with Crippen molar-refractivity contribution in [3.63, 3.8) is 0 Å². The topological polar surface area (TPSA) is 53.2 Å². The summed E-state index contributed by atoms with van der Waals surface area (Å²) in [5, 5.41) is 17.9. The zero-order valence-corrected chi connectivity index (χ0v) is 11.6. The highest BCUT2D eigenvalue weighted by Crippen LogP contribution is 2.39. The number of rotatable bonds is 3. The van der Waals surface area contributed by atoms with E-state index in [-0.39, 0.29) is 17.1 Å². The molecule has 0 aliphatic carbocycles. The van der Waals surface area contributed by atoms with Crippen molar-refractivity contribution in [1.29, 1.82) is 5.26 Å². The van der Waals surface area contributed by atoms with E-state index in [1.54, 1.807) is 19.1 Å². The summed E-state index contributed by atoms with van der Waals surface area (Å²) >= 11 is 0. The number of nitrogens with zero attached hydrogens (tertiary/aromatic N) is 1. The zero-order chi connectivity index (χ0) is 16.3. The Morgan fingerprint density at radius 1 is 1.18 bits per heavy atom. The Morgan fingerprint density at radius 2 is 1.91 bits per heavy atom. The van der Waals surface area contributed by atoms with Gasteiger partial charge >= 0.3 is 6.18 Å². The second kappa shape index (κ2) is 6.08. The number of nitriles is 1. The minimum absolute atomic E-state index is 0.140. The third kappa shape index (κ3) is 3.57. The fourth-order valence-corrected chi connectivity index (χ4v) is 1.98. The van der Waals surface area contributed by atoms with Gasteiger partial charge in [0.05, 0.1) is 23.8 Å². The van der Waals surface area contributed by atoms with E-state index in [9.17, 15) is 13.2 Å². The van der Waals surface area contributed by atoms with Gasteiger partial charge in [0.2, 0.25) is 0 Å². The van der Waals surface area contributed by atoms with Gasteiger partial charge in [-0.15, -0.1) is 0 Å². The highest BCUT2D eigenvalue weighted by molar-refractivity contribution is 5.45. The third-order valence-corrected chi connectivity index (χ3v) is 2.94. The molecule has 0 amide bonds. The van der Waals surface area contributed by atoms with Crippen molar-refractivity contribution in [3.05, 3.63) is 58.7 Å². The maximum atomic E-state index is 13.1. The molecular formula is C16H12F3NO2. The minimum atomic E-state index is -4.61. The summed E-state index contributed by atoms with van der Waals surface area (Å²) in [5.41, 5.74) is 0.172. The number of hydrogen-bond acceptors (Lipinski definition) is 3. The average Bonchev–Trinajstić information content (AvgIpc) is 2.45. The smallest absolute Gasteiger partial charge is 0.419 e. The standard InChI is InChI=1S/C16H12F3NO2/c1-10-4-12(8-20)6-13(5-10)22-15-3-2-11(9-21)7-14(15)16(17,18)19/h2-7,21H,9H2,1H3. The molecule has 0 unspecified atom stereocenters. The predicted octanol–water partition coefficient (Wildman–Crippen LogP) is 4.17. The molecular weight excluding hydrogens is 295 g/mol. The molecule has 0 spiro atoms. The highest BCUT2D eigenvalue weighted by Gasteiger charge is 2.34. The fraction of sp³-hybridized carbons (Fsp3) is 0.188. The summed E-state index contributed by atoms with van der Waals surface area (Å²) in [6.07, 6.45) is -4.61. The van der Waals surface area contributed by atoms with E-state index in [1.807, 2.05) is 6.07 Å². The van der Waals surface area contributed by atoms with Crippen LogP contribution in [-0.2, 0) is 12.8 Å². The summed E-state index contributed by atoms with van der Waals surface area (Å²) in [5.74, 6) is -0.224. The molecule has 2 rings (SSSR count). The van der Waals surface area contributed by atoms with Crippen molar-refractivity contribution in [2.45, 2.75) is 19.7 Å². The summed E-state index contributed by atoms with van der Waals surface area (Å²) in [6, 6.07) is 9.79. The Morgan fingerprint density at radius 3 is 2.50 bits per heavy atom. The molecule has 2 aromatic rings. The summed E-state index contributed by atoms with van der Waals surface area (Å²) in [7, 11) is 0. The molecule has 114 valence electrons. The maximum absolute atomic E-state index is 13.1. The van der Waals surface area contributed by atoms with E-state index in [0.29, 0.717) is 11.1 Å². The van der Waals surface area contributed by atoms with Gasteiger partial charge < -0.3 is 9.84 Å². The van der Waals surface area contributed by atoms with Crippen molar-refractivity contribution in [2.24, 2.45) is 0 Å². The number of ether oxygens (including phenoxy) is 1. The van der Waals surface area contributed by atoms with Crippen molar-refractivity contribution in [2.75, 3.05) is 0 Å². The lowest BCUT2D eigenvalue weighted by Gasteiger charge is -2.15. The Balaban J connectivity index is 2.46. The largest absolute Gasteiger partial charge is 0.457 e. The molecule has 6 heteroatoms. The molecule has 2 aromatic carbocycles. The van der Waals surface area contributed by atoms with Gasteiger partial charge in [0.1, 0.15) is 11.5 Å². The van der Waals surface area contributed by atoms with Gasteiger partial charge in [-0.1, -0.05) is 6.07 Å². The molecule has 0 bridgehead atoms. The van der Waals surface area contributed by atoms with Crippen molar-refractivity contribution in [1.82, 2.24) is 0 Å². The van der Waals surface area contributed by atoms with Crippen molar-refractivity contribution >= 4 is 0 Å². The van der Waals surface area contributed by atoms with E-state index >= 15 is 0 Å². The lowest BCUT2D eigenvalue weighted by Crippen LogP contribution is -2.08. The molecule has 0 saturated heterocycles. The van der Waals surface area contributed by atoms with Crippen LogP contribution in [0.25, 0.3) is 0 Å². The van der Waals surface area contributed by atoms with Crippen LogP contribution in [0.1, 0.15) is 22.3 Å². The van der Waals surface area contributed by atoms with Crippen LogP contribution in [-0.4, -0.2) is 5.11 Å². The Labute approximate surface area is 125 Å². The van der Waals surface area contributed by atoms with Gasteiger partial charge in [-0.3, -0.25) is 0 Å². The normalized spacial score (nSPS) is 11.1. The summed E-state index contributed by atoms with van der Waals surface area (Å²) < 4.78 is 44.5. The molecule has 0 saturated carbocycles. The number of aryl methyl sites for hydroxylation is 1. The van der Waals surface area contributed by atoms with E-state index in [4.69, 9.17) is 15.1 Å². The Bertz CT molecular complexity index is 733. The van der Waals surface area contributed by atoms with Gasteiger partial charge in [0, 0.05) is 0 Å².